The highest BCUT2D eigenvalue weighted by atomic mass is 35.5. The summed E-state index contributed by atoms with van der Waals surface area (Å²) in [5.41, 5.74) is 2.90. The normalized spacial score (nSPS) is 20.5. The van der Waals surface area contributed by atoms with Gasteiger partial charge in [0.25, 0.3) is 0 Å². The number of hydrogen-bond donors (Lipinski definition) is 0. The molecule has 23 heavy (non-hydrogen) atoms. The van der Waals surface area contributed by atoms with Gasteiger partial charge in [0.1, 0.15) is 11.6 Å². The first-order valence-corrected chi connectivity index (χ1v) is 8.50. The predicted octanol–water partition coefficient (Wildman–Crippen LogP) is 3.70. The van der Waals surface area contributed by atoms with Crippen LogP contribution in [0.5, 0.6) is 5.75 Å². The Morgan fingerprint density at radius 1 is 1.22 bits per heavy atom. The van der Waals surface area contributed by atoms with Crippen LogP contribution in [-0.2, 0) is 6.42 Å². The Kier molecular flexibility index (Phi) is 3.41. The molecule has 0 atom stereocenters. The van der Waals surface area contributed by atoms with Gasteiger partial charge in [0, 0.05) is 18.7 Å². The summed E-state index contributed by atoms with van der Waals surface area (Å²) in [6.45, 7) is 8.42. The van der Waals surface area contributed by atoms with Crippen molar-refractivity contribution < 1.29 is 9.53 Å². The number of rotatable bonds is 1. The Morgan fingerprint density at radius 3 is 2.70 bits per heavy atom. The number of benzene rings is 1. The zero-order valence-corrected chi connectivity index (χ0v) is 14.0. The molecular weight excluding hydrogens is 314 g/mol. The van der Waals surface area contributed by atoms with Crippen molar-refractivity contribution in [2.24, 2.45) is 0 Å². The summed E-state index contributed by atoms with van der Waals surface area (Å²) >= 11 is 6.35. The van der Waals surface area contributed by atoms with Gasteiger partial charge in [-0.15, -0.1) is 0 Å². The molecule has 122 valence electrons. The lowest BCUT2D eigenvalue weighted by Gasteiger charge is -2.32. The molecule has 3 heterocycles. The molecule has 0 aliphatic carbocycles. The lowest BCUT2D eigenvalue weighted by molar-refractivity contribution is 0.0500. The Bertz CT molecular complexity index is 680. The topological polar surface area (TPSA) is 36.0 Å². The molecule has 5 nitrogen and oxygen atoms in total. The van der Waals surface area contributed by atoms with E-state index in [9.17, 15) is 4.79 Å². The fraction of sp³-hybridized carbons (Fsp3) is 0.471. The molecule has 0 aromatic heterocycles. The van der Waals surface area contributed by atoms with E-state index in [1.54, 1.807) is 9.91 Å². The predicted molar refractivity (Wildman–Crippen MR) is 89.7 cm³/mol. The second kappa shape index (κ2) is 5.34. The molecule has 1 aromatic rings. The molecule has 0 saturated carbocycles. The van der Waals surface area contributed by atoms with Crippen molar-refractivity contribution in [1.29, 1.82) is 0 Å². The van der Waals surface area contributed by atoms with Crippen LogP contribution in [0.4, 0.5) is 10.5 Å². The van der Waals surface area contributed by atoms with Crippen LogP contribution in [-0.4, -0.2) is 35.7 Å². The van der Waals surface area contributed by atoms with Gasteiger partial charge in [0.15, 0.2) is 0 Å². The molecule has 2 amide bonds. The maximum Gasteiger partial charge on any atom is 0.349 e. The molecule has 0 N–H and O–H groups in total. The highest BCUT2D eigenvalue weighted by molar-refractivity contribution is 6.32. The molecule has 2 saturated heterocycles. The lowest BCUT2D eigenvalue weighted by atomic mass is 9.99. The Hall–Kier alpha value is -1.88. The highest BCUT2D eigenvalue weighted by Gasteiger charge is 2.42. The van der Waals surface area contributed by atoms with Crippen molar-refractivity contribution in [2.75, 3.05) is 24.6 Å². The van der Waals surface area contributed by atoms with E-state index in [4.69, 9.17) is 16.3 Å². The minimum atomic E-state index is -0.0205. The first-order valence-electron chi connectivity index (χ1n) is 8.12. The Balaban J connectivity index is 1.84. The average molecular weight is 334 g/mol. The van der Waals surface area contributed by atoms with Crippen LogP contribution in [0.1, 0.15) is 30.4 Å². The Labute approximate surface area is 141 Å². The van der Waals surface area contributed by atoms with E-state index in [2.05, 4.69) is 6.58 Å². The fourth-order valence-corrected chi connectivity index (χ4v) is 4.07. The van der Waals surface area contributed by atoms with Crippen molar-refractivity contribution >= 4 is 23.3 Å². The van der Waals surface area contributed by atoms with E-state index in [1.807, 2.05) is 18.0 Å². The third-order valence-corrected chi connectivity index (χ3v) is 5.06. The van der Waals surface area contributed by atoms with Crippen molar-refractivity contribution in [2.45, 2.75) is 32.6 Å². The molecule has 3 aliphatic rings. The molecular formula is C17H20ClN3O2. The molecule has 0 spiro atoms. The van der Waals surface area contributed by atoms with E-state index in [1.165, 1.54) is 0 Å². The minimum Gasteiger partial charge on any atom is -0.492 e. The van der Waals surface area contributed by atoms with Crippen LogP contribution in [0.3, 0.4) is 0 Å². The van der Waals surface area contributed by atoms with Crippen molar-refractivity contribution in [3.8, 4) is 5.75 Å². The van der Waals surface area contributed by atoms with Crippen LogP contribution < -0.4 is 9.64 Å². The first-order chi connectivity index (χ1) is 11.1. The molecule has 6 heteroatoms. The zero-order valence-electron chi connectivity index (χ0n) is 13.3. The van der Waals surface area contributed by atoms with Crippen molar-refractivity contribution in [3.63, 3.8) is 0 Å². The number of nitrogens with zero attached hydrogens (tertiary/aromatic N) is 3. The van der Waals surface area contributed by atoms with E-state index in [0.717, 1.165) is 67.2 Å². The largest absolute Gasteiger partial charge is 0.492 e. The standard InChI is InChI=1S/C17H20ClN3O2/c1-11-10-14(18)16-13(6-5-9-23-16)15(11)21-12(2)19-7-3-4-8-20(19)17(21)22/h10H,2-9H2,1H3. The van der Waals surface area contributed by atoms with Gasteiger partial charge in [-0.3, -0.25) is 5.01 Å². The van der Waals surface area contributed by atoms with Gasteiger partial charge in [0.05, 0.1) is 17.3 Å². The van der Waals surface area contributed by atoms with Crippen LogP contribution in [0.2, 0.25) is 5.02 Å². The molecule has 0 bridgehead atoms. The van der Waals surface area contributed by atoms with Gasteiger partial charge in [-0.2, -0.15) is 0 Å². The first kappa shape index (κ1) is 14.7. The van der Waals surface area contributed by atoms with Crippen LogP contribution in [0.25, 0.3) is 0 Å². The molecule has 1 aromatic carbocycles. The summed E-state index contributed by atoms with van der Waals surface area (Å²) in [6.07, 6.45) is 3.91. The number of carbonyl (C=O) groups is 1. The maximum atomic E-state index is 12.9. The van der Waals surface area contributed by atoms with E-state index in [0.29, 0.717) is 11.6 Å². The van der Waals surface area contributed by atoms with E-state index >= 15 is 0 Å². The molecule has 0 radical (unpaired) electrons. The minimum absolute atomic E-state index is 0.0205. The van der Waals surface area contributed by atoms with Crippen LogP contribution >= 0.6 is 11.6 Å². The molecule has 3 aliphatic heterocycles. The number of hydrazine groups is 1. The average Bonchev–Trinajstić information content (AvgIpc) is 2.81. The monoisotopic (exact) mass is 333 g/mol. The summed E-state index contributed by atoms with van der Waals surface area (Å²) < 4.78 is 5.77. The van der Waals surface area contributed by atoms with Gasteiger partial charge in [-0.1, -0.05) is 18.2 Å². The lowest BCUT2D eigenvalue weighted by Crippen LogP contribution is -2.43. The quantitative estimate of drug-likeness (QED) is 0.786. The number of hydrogen-bond acceptors (Lipinski definition) is 3. The van der Waals surface area contributed by atoms with Gasteiger partial charge in [0.2, 0.25) is 0 Å². The summed E-state index contributed by atoms with van der Waals surface area (Å²) in [5, 5.41) is 4.42. The van der Waals surface area contributed by atoms with Crippen LogP contribution in [0.15, 0.2) is 18.5 Å². The summed E-state index contributed by atoms with van der Waals surface area (Å²) in [6, 6.07) is 1.86. The van der Waals surface area contributed by atoms with Gasteiger partial charge in [-0.25, -0.2) is 14.7 Å². The number of urea groups is 1. The summed E-state index contributed by atoms with van der Waals surface area (Å²) in [4.78, 5) is 14.7. The number of aryl methyl sites for hydroxylation is 1. The Morgan fingerprint density at radius 2 is 1.96 bits per heavy atom. The third-order valence-electron chi connectivity index (χ3n) is 4.78. The number of carbonyl (C=O) groups excluding carboxylic acids is 1. The summed E-state index contributed by atoms with van der Waals surface area (Å²) in [7, 11) is 0. The fourth-order valence-electron chi connectivity index (χ4n) is 3.73. The second-order valence-corrected chi connectivity index (χ2v) is 6.68. The highest BCUT2D eigenvalue weighted by Crippen LogP contribution is 2.44. The second-order valence-electron chi connectivity index (χ2n) is 6.27. The number of fused-ring (bicyclic) bond motifs is 2. The SMILES string of the molecule is C=C1N(c2c(C)cc(Cl)c3c2CCCO3)C(=O)N2CCCCN12. The summed E-state index contributed by atoms with van der Waals surface area (Å²) in [5.74, 6) is 1.45. The number of halogens is 1. The number of ether oxygens (including phenoxy) is 1. The third kappa shape index (κ3) is 2.10. The van der Waals surface area contributed by atoms with Gasteiger partial charge in [-0.05, 0) is 44.2 Å². The van der Waals surface area contributed by atoms with Crippen LogP contribution in [0, 0.1) is 6.92 Å². The van der Waals surface area contributed by atoms with Crippen molar-refractivity contribution in [3.05, 3.63) is 34.6 Å². The zero-order chi connectivity index (χ0) is 16.1. The van der Waals surface area contributed by atoms with E-state index < -0.39 is 0 Å². The number of amides is 2. The molecule has 2 fully saturated rings. The smallest absolute Gasteiger partial charge is 0.349 e. The van der Waals surface area contributed by atoms with E-state index in [-0.39, 0.29) is 6.03 Å². The molecule has 0 unspecified atom stereocenters. The maximum absolute atomic E-state index is 12.9. The number of anilines is 1. The van der Waals surface area contributed by atoms with Gasteiger partial charge < -0.3 is 4.74 Å². The molecule has 4 rings (SSSR count). The van der Waals surface area contributed by atoms with Gasteiger partial charge >= 0.3 is 6.03 Å². The van der Waals surface area contributed by atoms with Crippen molar-refractivity contribution in [1.82, 2.24) is 10.0 Å².